The van der Waals surface area contributed by atoms with Crippen molar-refractivity contribution in [1.82, 2.24) is 5.32 Å². The first-order valence-electron chi connectivity index (χ1n) is 5.84. The molecule has 3 N–H and O–H groups in total. The molecule has 0 heterocycles. The van der Waals surface area contributed by atoms with Gasteiger partial charge in [-0.05, 0) is 19.4 Å². The SMILES string of the molecule is Cc1ccc([N+](=O)[O-])c(C)c1NC(=O)NCCC(=O)O. The predicted molar refractivity (Wildman–Crippen MR) is 71.8 cm³/mol. The van der Waals surface area contributed by atoms with Crippen molar-refractivity contribution in [3.63, 3.8) is 0 Å². The van der Waals surface area contributed by atoms with Crippen LogP contribution in [-0.2, 0) is 4.79 Å². The predicted octanol–water partition coefficient (Wildman–Crippen LogP) is 1.81. The average molecular weight is 281 g/mol. The van der Waals surface area contributed by atoms with Gasteiger partial charge in [0.05, 0.1) is 22.6 Å². The van der Waals surface area contributed by atoms with Crippen LogP contribution in [0.1, 0.15) is 17.5 Å². The Balaban J connectivity index is 2.81. The quantitative estimate of drug-likeness (QED) is 0.561. The van der Waals surface area contributed by atoms with Crippen LogP contribution in [0.3, 0.4) is 0 Å². The van der Waals surface area contributed by atoms with E-state index in [-0.39, 0.29) is 18.7 Å². The Labute approximate surface area is 114 Å². The first kappa shape index (κ1) is 15.4. The number of nitro benzene ring substituents is 1. The number of carboxylic acid groups (broad SMARTS) is 1. The van der Waals surface area contributed by atoms with E-state index in [0.29, 0.717) is 16.8 Å². The lowest BCUT2D eigenvalue weighted by atomic mass is 10.1. The van der Waals surface area contributed by atoms with Gasteiger partial charge >= 0.3 is 12.0 Å². The Bertz CT molecular complexity index is 556. The van der Waals surface area contributed by atoms with Crippen molar-refractivity contribution < 1.29 is 19.6 Å². The minimum absolute atomic E-state index is 0.0197. The zero-order valence-corrected chi connectivity index (χ0v) is 11.1. The van der Waals surface area contributed by atoms with E-state index in [4.69, 9.17) is 5.11 Å². The summed E-state index contributed by atoms with van der Waals surface area (Å²) in [6.07, 6.45) is -0.194. The summed E-state index contributed by atoms with van der Waals surface area (Å²) in [5.74, 6) is -1.02. The molecule has 108 valence electrons. The Kier molecular flexibility index (Phi) is 5.01. The summed E-state index contributed by atoms with van der Waals surface area (Å²) in [4.78, 5) is 32.2. The number of amides is 2. The van der Waals surface area contributed by atoms with E-state index in [0.717, 1.165) is 0 Å². The molecule has 0 atom stereocenters. The van der Waals surface area contributed by atoms with Crippen LogP contribution >= 0.6 is 0 Å². The van der Waals surface area contributed by atoms with Gasteiger partial charge in [0.15, 0.2) is 0 Å². The van der Waals surface area contributed by atoms with E-state index >= 15 is 0 Å². The molecule has 0 unspecified atom stereocenters. The lowest BCUT2D eigenvalue weighted by Crippen LogP contribution is -2.31. The molecule has 0 fully saturated rings. The Morgan fingerprint density at radius 2 is 2.00 bits per heavy atom. The van der Waals surface area contributed by atoms with Gasteiger partial charge < -0.3 is 15.7 Å². The summed E-state index contributed by atoms with van der Waals surface area (Å²) < 4.78 is 0. The molecule has 0 aliphatic heterocycles. The molecule has 0 aliphatic rings. The first-order chi connectivity index (χ1) is 9.32. The molecule has 0 saturated carbocycles. The number of hydrogen-bond acceptors (Lipinski definition) is 4. The minimum atomic E-state index is -1.02. The van der Waals surface area contributed by atoms with E-state index in [2.05, 4.69) is 10.6 Å². The van der Waals surface area contributed by atoms with Crippen LogP contribution in [-0.4, -0.2) is 28.6 Å². The molecule has 0 aliphatic carbocycles. The number of aryl methyl sites for hydroxylation is 1. The molecule has 0 saturated heterocycles. The van der Waals surface area contributed by atoms with Crippen LogP contribution in [0.25, 0.3) is 0 Å². The average Bonchev–Trinajstić information content (AvgIpc) is 2.33. The third-order valence-corrected chi connectivity index (χ3v) is 2.70. The molecule has 20 heavy (non-hydrogen) atoms. The molecular weight excluding hydrogens is 266 g/mol. The standard InChI is InChI=1S/C12H15N3O5/c1-7-3-4-9(15(19)20)8(2)11(7)14-12(18)13-6-5-10(16)17/h3-4H,5-6H2,1-2H3,(H,16,17)(H2,13,14,18). The van der Waals surface area contributed by atoms with Crippen molar-refractivity contribution in [2.24, 2.45) is 0 Å². The number of benzene rings is 1. The van der Waals surface area contributed by atoms with Crippen molar-refractivity contribution in [2.75, 3.05) is 11.9 Å². The molecule has 8 nitrogen and oxygen atoms in total. The summed E-state index contributed by atoms with van der Waals surface area (Å²) >= 11 is 0. The second-order valence-electron chi connectivity index (χ2n) is 4.18. The van der Waals surface area contributed by atoms with Gasteiger partial charge in [-0.3, -0.25) is 14.9 Å². The van der Waals surface area contributed by atoms with E-state index in [1.165, 1.54) is 19.1 Å². The summed E-state index contributed by atoms with van der Waals surface area (Å²) in [6.45, 7) is 3.23. The normalized spacial score (nSPS) is 9.90. The number of carbonyl (C=O) groups excluding carboxylic acids is 1. The molecular formula is C12H15N3O5. The second-order valence-corrected chi connectivity index (χ2v) is 4.18. The van der Waals surface area contributed by atoms with Crippen molar-refractivity contribution in [3.8, 4) is 0 Å². The Morgan fingerprint density at radius 3 is 2.55 bits per heavy atom. The zero-order chi connectivity index (χ0) is 15.3. The lowest BCUT2D eigenvalue weighted by molar-refractivity contribution is -0.385. The van der Waals surface area contributed by atoms with Crippen molar-refractivity contribution in [2.45, 2.75) is 20.3 Å². The number of carboxylic acids is 1. The molecule has 1 rings (SSSR count). The number of hydrogen-bond donors (Lipinski definition) is 3. The third kappa shape index (κ3) is 3.94. The Hall–Kier alpha value is -2.64. The number of rotatable bonds is 5. The first-order valence-corrected chi connectivity index (χ1v) is 5.84. The Morgan fingerprint density at radius 1 is 1.35 bits per heavy atom. The van der Waals surface area contributed by atoms with Crippen LogP contribution in [0, 0.1) is 24.0 Å². The van der Waals surface area contributed by atoms with Gasteiger partial charge in [-0.15, -0.1) is 0 Å². The van der Waals surface area contributed by atoms with Gasteiger partial charge in [0, 0.05) is 12.6 Å². The van der Waals surface area contributed by atoms with Crippen molar-refractivity contribution in [1.29, 1.82) is 0 Å². The highest BCUT2D eigenvalue weighted by molar-refractivity contribution is 5.92. The molecule has 0 spiro atoms. The third-order valence-electron chi connectivity index (χ3n) is 2.70. The van der Waals surface area contributed by atoms with Gasteiger partial charge in [-0.25, -0.2) is 4.79 Å². The molecule has 0 radical (unpaired) electrons. The number of carbonyl (C=O) groups is 2. The van der Waals surface area contributed by atoms with Crippen LogP contribution in [0.5, 0.6) is 0 Å². The van der Waals surface area contributed by atoms with Crippen molar-refractivity contribution in [3.05, 3.63) is 33.4 Å². The van der Waals surface area contributed by atoms with Crippen LogP contribution in [0.2, 0.25) is 0 Å². The summed E-state index contributed by atoms with van der Waals surface area (Å²) in [7, 11) is 0. The van der Waals surface area contributed by atoms with Gasteiger partial charge in [0.25, 0.3) is 5.69 Å². The number of aliphatic carboxylic acids is 1. The van der Waals surface area contributed by atoms with Gasteiger partial charge in [-0.2, -0.15) is 0 Å². The summed E-state index contributed by atoms with van der Waals surface area (Å²) in [5.41, 5.74) is 1.30. The van der Waals surface area contributed by atoms with Crippen LogP contribution in [0.4, 0.5) is 16.2 Å². The lowest BCUT2D eigenvalue weighted by Gasteiger charge is -2.12. The van der Waals surface area contributed by atoms with E-state index < -0.39 is 16.9 Å². The van der Waals surface area contributed by atoms with E-state index in [1.54, 1.807) is 6.92 Å². The molecule has 0 bridgehead atoms. The van der Waals surface area contributed by atoms with Gasteiger partial charge in [0.1, 0.15) is 0 Å². The maximum Gasteiger partial charge on any atom is 0.319 e. The highest BCUT2D eigenvalue weighted by Crippen LogP contribution is 2.28. The van der Waals surface area contributed by atoms with Gasteiger partial charge in [-0.1, -0.05) is 6.07 Å². The maximum absolute atomic E-state index is 11.6. The smallest absolute Gasteiger partial charge is 0.319 e. The number of nitrogens with zero attached hydrogens (tertiary/aromatic N) is 1. The number of urea groups is 1. The fraction of sp³-hybridized carbons (Fsp3) is 0.333. The number of nitro groups is 1. The van der Waals surface area contributed by atoms with Gasteiger partial charge in [0.2, 0.25) is 0 Å². The summed E-state index contributed by atoms with van der Waals surface area (Å²) in [5, 5.41) is 24.2. The van der Waals surface area contributed by atoms with E-state index in [1.807, 2.05) is 0 Å². The number of nitrogens with one attached hydrogen (secondary N) is 2. The summed E-state index contributed by atoms with van der Waals surface area (Å²) in [6, 6.07) is 2.31. The zero-order valence-electron chi connectivity index (χ0n) is 11.1. The fourth-order valence-electron chi connectivity index (χ4n) is 1.67. The highest BCUT2D eigenvalue weighted by atomic mass is 16.6. The molecule has 1 aromatic carbocycles. The molecule has 8 heteroatoms. The topological polar surface area (TPSA) is 122 Å². The highest BCUT2D eigenvalue weighted by Gasteiger charge is 2.17. The maximum atomic E-state index is 11.6. The van der Waals surface area contributed by atoms with Crippen LogP contribution < -0.4 is 10.6 Å². The molecule has 0 aromatic heterocycles. The minimum Gasteiger partial charge on any atom is -0.481 e. The monoisotopic (exact) mass is 281 g/mol. The van der Waals surface area contributed by atoms with Crippen molar-refractivity contribution >= 4 is 23.4 Å². The van der Waals surface area contributed by atoms with Crippen LogP contribution in [0.15, 0.2) is 12.1 Å². The number of anilines is 1. The fourth-order valence-corrected chi connectivity index (χ4v) is 1.67. The molecule has 1 aromatic rings. The second kappa shape index (κ2) is 6.50. The largest absolute Gasteiger partial charge is 0.481 e. The molecule has 2 amide bonds. The van der Waals surface area contributed by atoms with E-state index in [9.17, 15) is 19.7 Å².